The Bertz CT molecular complexity index is 1350. The molecule has 0 saturated carbocycles. The third kappa shape index (κ3) is 2.72. The van der Waals surface area contributed by atoms with E-state index in [4.69, 9.17) is 0 Å². The van der Waals surface area contributed by atoms with E-state index >= 15 is 0 Å². The van der Waals surface area contributed by atoms with E-state index in [0.717, 1.165) is 15.7 Å². The summed E-state index contributed by atoms with van der Waals surface area (Å²) in [5.41, 5.74) is 6.99. The molecule has 0 aliphatic carbocycles. The Labute approximate surface area is 187 Å². The summed E-state index contributed by atoms with van der Waals surface area (Å²) >= 11 is 5.58. The summed E-state index contributed by atoms with van der Waals surface area (Å²) in [6, 6.07) is 34.3. The van der Waals surface area contributed by atoms with Gasteiger partial charge in [0.1, 0.15) is 0 Å². The molecule has 6 rings (SSSR count). The van der Waals surface area contributed by atoms with Gasteiger partial charge in [-0.1, -0.05) is 78.5 Å². The number of benzene rings is 4. The quantitative estimate of drug-likeness (QED) is 0.274. The second kappa shape index (κ2) is 7.08. The summed E-state index contributed by atoms with van der Waals surface area (Å²) < 4.78 is 1.07. The third-order valence-corrected chi connectivity index (χ3v) is 7.26. The summed E-state index contributed by atoms with van der Waals surface area (Å²) in [6.45, 7) is 0. The molecule has 0 unspecified atom stereocenters. The lowest BCUT2D eigenvalue weighted by Crippen LogP contribution is -2.15. The van der Waals surface area contributed by atoms with Crippen LogP contribution in [0.3, 0.4) is 0 Å². The molecule has 4 heteroatoms. The maximum atomic E-state index is 3.75. The summed E-state index contributed by atoms with van der Waals surface area (Å²) in [7, 11) is 0. The minimum absolute atomic E-state index is 1.07. The number of H-pyrrole nitrogens is 1. The van der Waals surface area contributed by atoms with Crippen LogP contribution in [0.15, 0.2) is 111 Å². The SMILES string of the molecule is Brc1cccc2c(N3c4ccccc4Sc4ccccc43)c(-c3ccccc3)[nH]c12. The zero-order valence-electron chi connectivity index (χ0n) is 16.0. The first kappa shape index (κ1) is 17.9. The molecule has 0 spiro atoms. The normalized spacial score (nSPS) is 12.6. The Morgan fingerprint density at radius 2 is 1.30 bits per heavy atom. The maximum absolute atomic E-state index is 3.75. The monoisotopic (exact) mass is 468 g/mol. The smallest absolute Gasteiger partial charge is 0.0798 e. The van der Waals surface area contributed by atoms with E-state index in [1.165, 1.54) is 37.8 Å². The second-order valence-electron chi connectivity index (χ2n) is 7.25. The van der Waals surface area contributed by atoms with Crippen LogP contribution < -0.4 is 4.90 Å². The Hall–Kier alpha value is -2.95. The molecule has 144 valence electrons. The number of para-hydroxylation sites is 3. The summed E-state index contributed by atoms with van der Waals surface area (Å²) in [4.78, 5) is 8.65. The summed E-state index contributed by atoms with van der Waals surface area (Å²) in [5.74, 6) is 0. The number of nitrogens with one attached hydrogen (secondary N) is 1. The van der Waals surface area contributed by atoms with Crippen molar-refractivity contribution in [3.8, 4) is 11.3 Å². The molecule has 0 fully saturated rings. The van der Waals surface area contributed by atoms with Gasteiger partial charge in [-0.15, -0.1) is 0 Å². The van der Waals surface area contributed by atoms with Crippen LogP contribution in [0.4, 0.5) is 17.1 Å². The molecule has 0 saturated heterocycles. The molecule has 1 aliphatic rings. The molecule has 5 aromatic rings. The van der Waals surface area contributed by atoms with Crippen molar-refractivity contribution in [1.82, 2.24) is 4.98 Å². The molecule has 2 heterocycles. The number of aromatic nitrogens is 1. The Balaban J connectivity index is 1.73. The molecule has 0 atom stereocenters. The predicted octanol–water partition coefficient (Wildman–Crippen LogP) is 8.53. The molecule has 1 aromatic heterocycles. The first-order valence-corrected chi connectivity index (χ1v) is 11.4. The van der Waals surface area contributed by atoms with Crippen LogP contribution in [0.1, 0.15) is 0 Å². The molecular formula is C26H17BrN2S. The van der Waals surface area contributed by atoms with Crippen molar-refractivity contribution in [2.75, 3.05) is 4.90 Å². The fraction of sp³-hybridized carbons (Fsp3) is 0. The van der Waals surface area contributed by atoms with E-state index in [1.807, 2.05) is 11.8 Å². The van der Waals surface area contributed by atoms with E-state index in [2.05, 4.69) is 123 Å². The van der Waals surface area contributed by atoms with E-state index in [-0.39, 0.29) is 0 Å². The lowest BCUT2D eigenvalue weighted by molar-refractivity contribution is 1.17. The van der Waals surface area contributed by atoms with E-state index in [9.17, 15) is 0 Å². The van der Waals surface area contributed by atoms with Gasteiger partial charge in [-0.3, -0.25) is 0 Å². The molecule has 0 amide bonds. The van der Waals surface area contributed by atoms with Crippen molar-refractivity contribution in [2.24, 2.45) is 0 Å². The zero-order chi connectivity index (χ0) is 20.1. The molecule has 1 N–H and O–H groups in total. The van der Waals surface area contributed by atoms with Gasteiger partial charge in [0, 0.05) is 25.2 Å². The van der Waals surface area contributed by atoms with Crippen molar-refractivity contribution < 1.29 is 0 Å². The van der Waals surface area contributed by atoms with E-state index in [1.54, 1.807) is 0 Å². The van der Waals surface area contributed by atoms with Gasteiger partial charge in [-0.05, 0) is 46.3 Å². The Morgan fingerprint density at radius 3 is 2.00 bits per heavy atom. The highest BCUT2D eigenvalue weighted by Crippen LogP contribution is 2.54. The van der Waals surface area contributed by atoms with Crippen LogP contribution in [0.5, 0.6) is 0 Å². The highest BCUT2D eigenvalue weighted by molar-refractivity contribution is 9.10. The molecule has 0 radical (unpaired) electrons. The standard InChI is InChI=1S/C26H17BrN2S/c27-19-12-8-11-18-25(19)28-24(17-9-2-1-3-10-17)26(18)29-20-13-4-6-15-22(20)30-23-16-7-5-14-21(23)29/h1-16,28H. The average Bonchev–Trinajstić information content (AvgIpc) is 3.18. The predicted molar refractivity (Wildman–Crippen MR) is 130 cm³/mol. The van der Waals surface area contributed by atoms with Crippen LogP contribution in [0.25, 0.3) is 22.2 Å². The summed E-state index contributed by atoms with van der Waals surface area (Å²) in [6.07, 6.45) is 0. The van der Waals surface area contributed by atoms with Crippen LogP contribution in [0, 0.1) is 0 Å². The van der Waals surface area contributed by atoms with Gasteiger partial charge < -0.3 is 9.88 Å². The van der Waals surface area contributed by atoms with Crippen molar-refractivity contribution in [2.45, 2.75) is 9.79 Å². The Morgan fingerprint density at radius 1 is 0.667 bits per heavy atom. The fourth-order valence-electron chi connectivity index (χ4n) is 4.16. The number of rotatable bonds is 2. The van der Waals surface area contributed by atoms with Crippen LogP contribution >= 0.6 is 27.7 Å². The second-order valence-corrected chi connectivity index (χ2v) is 9.19. The fourth-order valence-corrected chi connectivity index (χ4v) is 5.68. The number of nitrogens with zero attached hydrogens (tertiary/aromatic N) is 1. The van der Waals surface area contributed by atoms with Gasteiger partial charge in [-0.25, -0.2) is 0 Å². The van der Waals surface area contributed by atoms with Crippen LogP contribution in [-0.2, 0) is 0 Å². The van der Waals surface area contributed by atoms with Gasteiger partial charge in [-0.2, -0.15) is 0 Å². The number of halogens is 1. The van der Waals surface area contributed by atoms with Crippen LogP contribution in [0.2, 0.25) is 0 Å². The largest absolute Gasteiger partial charge is 0.352 e. The molecular weight excluding hydrogens is 452 g/mol. The van der Waals surface area contributed by atoms with Gasteiger partial charge >= 0.3 is 0 Å². The lowest BCUT2D eigenvalue weighted by atomic mass is 10.1. The third-order valence-electron chi connectivity index (χ3n) is 5.47. The number of aromatic amines is 1. The first-order valence-electron chi connectivity index (χ1n) is 9.83. The van der Waals surface area contributed by atoms with E-state index < -0.39 is 0 Å². The summed E-state index contributed by atoms with van der Waals surface area (Å²) in [5, 5.41) is 1.19. The highest BCUT2D eigenvalue weighted by atomic mass is 79.9. The van der Waals surface area contributed by atoms with Crippen molar-refractivity contribution in [3.63, 3.8) is 0 Å². The van der Waals surface area contributed by atoms with Crippen molar-refractivity contribution >= 4 is 55.7 Å². The molecule has 2 nitrogen and oxygen atoms in total. The molecule has 0 bridgehead atoms. The minimum atomic E-state index is 1.07. The number of hydrogen-bond donors (Lipinski definition) is 1. The van der Waals surface area contributed by atoms with Gasteiger partial charge in [0.15, 0.2) is 0 Å². The average molecular weight is 469 g/mol. The Kier molecular flexibility index (Phi) is 4.22. The van der Waals surface area contributed by atoms with Crippen molar-refractivity contribution in [3.05, 3.63) is 102 Å². The number of anilines is 3. The minimum Gasteiger partial charge on any atom is -0.352 e. The molecule has 30 heavy (non-hydrogen) atoms. The van der Waals surface area contributed by atoms with Gasteiger partial charge in [0.25, 0.3) is 0 Å². The molecule has 1 aliphatic heterocycles. The topological polar surface area (TPSA) is 19.0 Å². The first-order chi connectivity index (χ1) is 14.8. The van der Waals surface area contributed by atoms with Gasteiger partial charge in [0.05, 0.1) is 28.3 Å². The van der Waals surface area contributed by atoms with Gasteiger partial charge in [0.2, 0.25) is 0 Å². The van der Waals surface area contributed by atoms with Crippen molar-refractivity contribution in [1.29, 1.82) is 0 Å². The number of fused-ring (bicyclic) bond motifs is 3. The highest BCUT2D eigenvalue weighted by Gasteiger charge is 2.29. The maximum Gasteiger partial charge on any atom is 0.0798 e. The number of hydrogen-bond acceptors (Lipinski definition) is 2. The van der Waals surface area contributed by atoms with Crippen LogP contribution in [-0.4, -0.2) is 4.98 Å². The van der Waals surface area contributed by atoms with E-state index in [0.29, 0.717) is 0 Å². The zero-order valence-corrected chi connectivity index (χ0v) is 18.4. The molecule has 4 aromatic carbocycles. The lowest BCUT2D eigenvalue weighted by Gasteiger charge is -2.33.